The minimum Gasteiger partial charge on any atom is -0.398 e. The molecule has 13 heavy (non-hydrogen) atoms. The Bertz CT molecular complexity index is 398. The molecule has 0 spiro atoms. The van der Waals surface area contributed by atoms with Crippen LogP contribution in [-0.4, -0.2) is 19.0 Å². The molecule has 0 saturated carbocycles. The molecule has 0 aliphatic rings. The number of sulfone groups is 1. The summed E-state index contributed by atoms with van der Waals surface area (Å²) in [4.78, 5) is -0.0231. The van der Waals surface area contributed by atoms with E-state index in [1.165, 1.54) is 19.1 Å². The fourth-order valence-electron chi connectivity index (χ4n) is 0.923. The number of aliphatic hydroxyl groups excluding tert-OH is 1. The summed E-state index contributed by atoms with van der Waals surface area (Å²) in [6, 6.07) is 6.05. The van der Waals surface area contributed by atoms with Crippen molar-refractivity contribution >= 4 is 15.5 Å². The third-order valence-corrected chi connectivity index (χ3v) is 3.56. The number of aliphatic hydroxyl groups is 1. The standard InChI is InChI=1S/C8H11NO3S/c1-6(10)13(11,12)8-5-3-2-4-7(8)9/h2-6,10H,9H2,1H3. The van der Waals surface area contributed by atoms with Gasteiger partial charge in [-0.15, -0.1) is 0 Å². The number of benzene rings is 1. The molecule has 4 nitrogen and oxygen atoms in total. The Hall–Kier alpha value is -1.07. The summed E-state index contributed by atoms with van der Waals surface area (Å²) in [6.45, 7) is 1.20. The van der Waals surface area contributed by atoms with Crippen LogP contribution in [0.15, 0.2) is 29.2 Å². The highest BCUT2D eigenvalue weighted by Gasteiger charge is 2.22. The van der Waals surface area contributed by atoms with Crippen LogP contribution in [0.2, 0.25) is 0 Å². The minimum absolute atomic E-state index is 0.0231. The van der Waals surface area contributed by atoms with E-state index in [4.69, 9.17) is 10.8 Å². The summed E-state index contributed by atoms with van der Waals surface area (Å²) in [5.41, 5.74) is 4.18. The van der Waals surface area contributed by atoms with Crippen molar-refractivity contribution in [3.63, 3.8) is 0 Å². The molecule has 0 amide bonds. The maximum atomic E-state index is 11.4. The van der Waals surface area contributed by atoms with E-state index in [-0.39, 0.29) is 10.6 Å². The average molecular weight is 201 g/mol. The van der Waals surface area contributed by atoms with Crippen molar-refractivity contribution in [3.8, 4) is 0 Å². The molecule has 1 unspecified atom stereocenters. The fraction of sp³-hybridized carbons (Fsp3) is 0.250. The van der Waals surface area contributed by atoms with Crippen LogP contribution in [0.25, 0.3) is 0 Å². The van der Waals surface area contributed by atoms with Crippen molar-refractivity contribution in [2.75, 3.05) is 5.73 Å². The smallest absolute Gasteiger partial charge is 0.206 e. The second-order valence-electron chi connectivity index (χ2n) is 2.68. The zero-order chi connectivity index (χ0) is 10.1. The first kappa shape index (κ1) is 10.0. The lowest BCUT2D eigenvalue weighted by atomic mass is 10.3. The first-order valence-corrected chi connectivity index (χ1v) is 5.27. The first-order chi connectivity index (χ1) is 5.96. The molecule has 1 rings (SSSR count). The summed E-state index contributed by atoms with van der Waals surface area (Å²) in [5.74, 6) is 0. The van der Waals surface area contributed by atoms with Crippen molar-refractivity contribution in [1.29, 1.82) is 0 Å². The van der Waals surface area contributed by atoms with Gasteiger partial charge in [-0.25, -0.2) is 8.42 Å². The van der Waals surface area contributed by atoms with Gasteiger partial charge in [0.2, 0.25) is 9.84 Å². The van der Waals surface area contributed by atoms with Gasteiger partial charge in [-0.3, -0.25) is 0 Å². The van der Waals surface area contributed by atoms with E-state index in [2.05, 4.69) is 0 Å². The number of para-hydroxylation sites is 1. The Morgan fingerprint density at radius 3 is 2.38 bits per heavy atom. The monoisotopic (exact) mass is 201 g/mol. The van der Waals surface area contributed by atoms with Gasteiger partial charge in [0.1, 0.15) is 0 Å². The quantitative estimate of drug-likeness (QED) is 0.678. The second kappa shape index (κ2) is 3.35. The number of rotatable bonds is 2. The molecule has 72 valence electrons. The Morgan fingerprint density at radius 2 is 1.92 bits per heavy atom. The van der Waals surface area contributed by atoms with E-state index in [9.17, 15) is 8.42 Å². The summed E-state index contributed by atoms with van der Waals surface area (Å²) < 4.78 is 22.8. The molecule has 0 aliphatic carbocycles. The molecule has 0 bridgehead atoms. The Morgan fingerprint density at radius 1 is 1.38 bits per heavy atom. The molecule has 0 heterocycles. The number of nitrogen functional groups attached to an aromatic ring is 1. The van der Waals surface area contributed by atoms with Crippen LogP contribution < -0.4 is 5.73 Å². The first-order valence-electron chi connectivity index (χ1n) is 3.72. The van der Waals surface area contributed by atoms with Crippen molar-refractivity contribution in [2.45, 2.75) is 17.3 Å². The molecule has 0 radical (unpaired) electrons. The highest BCUT2D eigenvalue weighted by molar-refractivity contribution is 7.92. The van der Waals surface area contributed by atoms with E-state index in [0.717, 1.165) is 0 Å². The predicted molar refractivity (Wildman–Crippen MR) is 49.7 cm³/mol. The zero-order valence-corrected chi connectivity index (χ0v) is 7.95. The van der Waals surface area contributed by atoms with Crippen molar-refractivity contribution in [3.05, 3.63) is 24.3 Å². The van der Waals surface area contributed by atoms with Crippen LogP contribution in [0.4, 0.5) is 5.69 Å². The van der Waals surface area contributed by atoms with Crippen LogP contribution in [0, 0.1) is 0 Å². The van der Waals surface area contributed by atoms with E-state index in [0.29, 0.717) is 0 Å². The van der Waals surface area contributed by atoms with E-state index >= 15 is 0 Å². The highest BCUT2D eigenvalue weighted by Crippen LogP contribution is 2.20. The van der Waals surface area contributed by atoms with Crippen LogP contribution in [0.1, 0.15) is 6.92 Å². The lowest BCUT2D eigenvalue weighted by Crippen LogP contribution is -2.18. The molecule has 0 fully saturated rings. The maximum Gasteiger partial charge on any atom is 0.206 e. The zero-order valence-electron chi connectivity index (χ0n) is 7.14. The van der Waals surface area contributed by atoms with Gasteiger partial charge in [0, 0.05) is 0 Å². The molecule has 0 aliphatic heterocycles. The molecule has 1 atom stereocenters. The van der Waals surface area contributed by atoms with Crippen LogP contribution in [0.5, 0.6) is 0 Å². The van der Waals surface area contributed by atoms with Crippen LogP contribution in [-0.2, 0) is 9.84 Å². The molecule has 5 heteroatoms. The minimum atomic E-state index is -3.68. The third kappa shape index (κ3) is 1.81. The van der Waals surface area contributed by atoms with Crippen molar-refractivity contribution in [1.82, 2.24) is 0 Å². The van der Waals surface area contributed by atoms with Crippen molar-refractivity contribution < 1.29 is 13.5 Å². The molecule has 0 saturated heterocycles. The molecule has 0 aromatic heterocycles. The highest BCUT2D eigenvalue weighted by atomic mass is 32.2. The topological polar surface area (TPSA) is 80.4 Å². The largest absolute Gasteiger partial charge is 0.398 e. The van der Waals surface area contributed by atoms with Gasteiger partial charge in [-0.05, 0) is 19.1 Å². The predicted octanol–water partition coefficient (Wildman–Crippen LogP) is 0.381. The SMILES string of the molecule is CC(O)S(=O)(=O)c1ccccc1N. The van der Waals surface area contributed by atoms with Crippen LogP contribution in [0.3, 0.4) is 0 Å². The van der Waals surface area contributed by atoms with Gasteiger partial charge >= 0.3 is 0 Å². The van der Waals surface area contributed by atoms with Gasteiger partial charge in [0.15, 0.2) is 5.44 Å². The number of hydrogen-bond acceptors (Lipinski definition) is 4. The lowest BCUT2D eigenvalue weighted by Gasteiger charge is -2.08. The lowest BCUT2D eigenvalue weighted by molar-refractivity contribution is 0.268. The number of anilines is 1. The van der Waals surface area contributed by atoms with Crippen LogP contribution >= 0.6 is 0 Å². The van der Waals surface area contributed by atoms with Gasteiger partial charge in [0.25, 0.3) is 0 Å². The van der Waals surface area contributed by atoms with E-state index in [1.54, 1.807) is 12.1 Å². The number of hydrogen-bond donors (Lipinski definition) is 2. The number of nitrogens with two attached hydrogens (primary N) is 1. The Balaban J connectivity index is 3.32. The average Bonchev–Trinajstić information content (AvgIpc) is 2.04. The Labute approximate surface area is 76.9 Å². The normalized spacial score (nSPS) is 14.0. The maximum absolute atomic E-state index is 11.4. The second-order valence-corrected chi connectivity index (χ2v) is 4.89. The van der Waals surface area contributed by atoms with Gasteiger partial charge < -0.3 is 10.8 Å². The summed E-state index contributed by atoms with van der Waals surface area (Å²) in [6.07, 6.45) is 0. The fourth-order valence-corrected chi connectivity index (χ4v) is 1.96. The summed E-state index contributed by atoms with van der Waals surface area (Å²) >= 11 is 0. The summed E-state index contributed by atoms with van der Waals surface area (Å²) in [5, 5.41) is 9.01. The molecular weight excluding hydrogens is 190 g/mol. The molecule has 3 N–H and O–H groups in total. The Kier molecular flexibility index (Phi) is 2.58. The van der Waals surface area contributed by atoms with Gasteiger partial charge in [-0.2, -0.15) is 0 Å². The van der Waals surface area contributed by atoms with Gasteiger partial charge in [0.05, 0.1) is 10.6 Å². The van der Waals surface area contributed by atoms with Crippen molar-refractivity contribution in [2.24, 2.45) is 0 Å². The summed E-state index contributed by atoms with van der Waals surface area (Å²) in [7, 11) is -3.68. The third-order valence-electron chi connectivity index (χ3n) is 1.67. The molecule has 1 aromatic carbocycles. The molecular formula is C8H11NO3S. The van der Waals surface area contributed by atoms with E-state index in [1.807, 2.05) is 0 Å². The van der Waals surface area contributed by atoms with Gasteiger partial charge in [-0.1, -0.05) is 12.1 Å². The van der Waals surface area contributed by atoms with E-state index < -0.39 is 15.3 Å². The molecule has 1 aromatic rings.